The van der Waals surface area contributed by atoms with E-state index in [4.69, 9.17) is 0 Å². The van der Waals surface area contributed by atoms with Gasteiger partial charge in [0.2, 0.25) is 0 Å². The maximum Gasteiger partial charge on any atom is 0.167 e. The Morgan fingerprint density at radius 3 is 2.47 bits per heavy atom. The number of nitrogens with zero attached hydrogens (tertiary/aromatic N) is 1. The van der Waals surface area contributed by atoms with Crippen LogP contribution in [0, 0.1) is 11.6 Å². The van der Waals surface area contributed by atoms with Crippen molar-refractivity contribution in [3.8, 4) is 11.4 Å². The highest BCUT2D eigenvalue weighted by Crippen LogP contribution is 2.22. The number of nitrogens with one attached hydrogen (secondary N) is 1. The molecule has 0 aliphatic carbocycles. The van der Waals surface area contributed by atoms with Crippen LogP contribution in [0.3, 0.4) is 0 Å². The lowest BCUT2D eigenvalue weighted by atomic mass is 10.2. The van der Waals surface area contributed by atoms with E-state index in [1.54, 1.807) is 0 Å². The van der Waals surface area contributed by atoms with Crippen molar-refractivity contribution >= 4 is 6.29 Å². The van der Waals surface area contributed by atoms with E-state index >= 15 is 0 Å². The van der Waals surface area contributed by atoms with Crippen molar-refractivity contribution in [3.63, 3.8) is 0 Å². The third kappa shape index (κ3) is 1.63. The summed E-state index contributed by atoms with van der Waals surface area (Å²) in [5.41, 5.74) is -0.0850. The Hall–Kier alpha value is -2.04. The van der Waals surface area contributed by atoms with Gasteiger partial charge in [0.1, 0.15) is 17.5 Å². The topological polar surface area (TPSA) is 45.8 Å². The van der Waals surface area contributed by atoms with Crippen LogP contribution in [0.2, 0.25) is 0 Å². The van der Waals surface area contributed by atoms with Gasteiger partial charge in [0.25, 0.3) is 0 Å². The number of H-pyrrole nitrogens is 1. The summed E-state index contributed by atoms with van der Waals surface area (Å²) in [7, 11) is 0. The van der Waals surface area contributed by atoms with Crippen LogP contribution < -0.4 is 0 Å². The van der Waals surface area contributed by atoms with Crippen molar-refractivity contribution in [2.45, 2.75) is 0 Å². The first-order valence-corrected chi connectivity index (χ1v) is 4.17. The number of hydrogen-bond acceptors (Lipinski definition) is 2. The van der Waals surface area contributed by atoms with E-state index < -0.39 is 11.6 Å². The number of aromatic amines is 1. The minimum Gasteiger partial charge on any atom is -0.336 e. The zero-order chi connectivity index (χ0) is 10.8. The van der Waals surface area contributed by atoms with Crippen LogP contribution in [-0.2, 0) is 0 Å². The number of imidazole rings is 1. The second-order valence-corrected chi connectivity index (χ2v) is 2.90. The fourth-order valence-corrected chi connectivity index (χ4v) is 1.25. The highest BCUT2D eigenvalue weighted by atomic mass is 19.1. The van der Waals surface area contributed by atoms with Gasteiger partial charge in [0, 0.05) is 0 Å². The third-order valence-electron chi connectivity index (χ3n) is 1.92. The fourth-order valence-electron chi connectivity index (χ4n) is 1.25. The molecule has 0 unspecified atom stereocenters. The molecule has 5 heteroatoms. The second kappa shape index (κ2) is 3.61. The molecule has 1 aromatic carbocycles. The number of carbonyl (C=O) groups is 1. The monoisotopic (exact) mass is 208 g/mol. The summed E-state index contributed by atoms with van der Waals surface area (Å²) in [6.07, 6.45) is 1.74. The largest absolute Gasteiger partial charge is 0.336 e. The molecule has 15 heavy (non-hydrogen) atoms. The van der Waals surface area contributed by atoms with Gasteiger partial charge in [0.15, 0.2) is 6.29 Å². The molecule has 0 amide bonds. The fraction of sp³-hybridized carbons (Fsp3) is 0. The number of halogens is 2. The molecule has 3 nitrogen and oxygen atoms in total. The van der Waals surface area contributed by atoms with Crippen LogP contribution in [-0.4, -0.2) is 16.3 Å². The number of hydrogen-bond donors (Lipinski definition) is 1. The molecule has 0 aliphatic heterocycles. The minimum absolute atomic E-state index is 0.00713. The summed E-state index contributed by atoms with van der Waals surface area (Å²) in [6.45, 7) is 0. The van der Waals surface area contributed by atoms with E-state index in [0.717, 1.165) is 12.1 Å². The van der Waals surface area contributed by atoms with Crippen LogP contribution in [0.15, 0.2) is 24.4 Å². The summed E-state index contributed by atoms with van der Waals surface area (Å²) in [5.74, 6) is -1.43. The molecule has 0 bridgehead atoms. The maximum absolute atomic E-state index is 13.3. The predicted octanol–water partition coefficient (Wildman–Crippen LogP) is 2.17. The van der Waals surface area contributed by atoms with E-state index in [0.29, 0.717) is 6.29 Å². The highest BCUT2D eigenvalue weighted by Gasteiger charge is 2.13. The Labute approximate surface area is 83.8 Å². The van der Waals surface area contributed by atoms with Gasteiger partial charge in [-0.2, -0.15) is 0 Å². The minimum atomic E-state index is -0.721. The van der Waals surface area contributed by atoms with Crippen LogP contribution in [0.4, 0.5) is 8.78 Å². The molecule has 0 aliphatic rings. The van der Waals surface area contributed by atoms with Gasteiger partial charge in [-0.15, -0.1) is 0 Å². The van der Waals surface area contributed by atoms with Crippen molar-refractivity contribution in [1.82, 2.24) is 9.97 Å². The lowest BCUT2D eigenvalue weighted by Crippen LogP contribution is -1.91. The van der Waals surface area contributed by atoms with Crippen molar-refractivity contribution in [2.75, 3.05) is 0 Å². The zero-order valence-corrected chi connectivity index (χ0v) is 7.50. The molecule has 0 spiro atoms. The predicted molar refractivity (Wildman–Crippen MR) is 49.3 cm³/mol. The molecule has 0 fully saturated rings. The first-order valence-electron chi connectivity index (χ1n) is 4.17. The average molecular weight is 208 g/mol. The van der Waals surface area contributed by atoms with Crippen LogP contribution in [0.5, 0.6) is 0 Å². The molecule has 2 rings (SSSR count). The molecular weight excluding hydrogens is 202 g/mol. The number of aldehydes is 1. The maximum atomic E-state index is 13.3. The number of aromatic nitrogens is 2. The summed E-state index contributed by atoms with van der Waals surface area (Å²) in [4.78, 5) is 16.6. The van der Waals surface area contributed by atoms with Gasteiger partial charge in [-0.1, -0.05) is 6.07 Å². The smallest absolute Gasteiger partial charge is 0.167 e. The van der Waals surface area contributed by atoms with Gasteiger partial charge in [0.05, 0.1) is 17.5 Å². The Morgan fingerprint density at radius 2 is 1.93 bits per heavy atom. The first kappa shape index (κ1) is 9.51. The SMILES string of the molecule is O=Cc1cnc(-c2c(F)cccc2F)[nH]1. The highest BCUT2D eigenvalue weighted by molar-refractivity contribution is 5.73. The normalized spacial score (nSPS) is 10.3. The van der Waals surface area contributed by atoms with Crippen molar-refractivity contribution in [3.05, 3.63) is 41.7 Å². The van der Waals surface area contributed by atoms with E-state index in [1.807, 2.05) is 0 Å². The number of benzene rings is 1. The van der Waals surface area contributed by atoms with E-state index in [-0.39, 0.29) is 17.1 Å². The summed E-state index contributed by atoms with van der Waals surface area (Å²) in [6, 6.07) is 3.51. The third-order valence-corrected chi connectivity index (χ3v) is 1.92. The Bertz CT molecular complexity index is 488. The molecule has 0 atom stereocenters. The van der Waals surface area contributed by atoms with Crippen LogP contribution >= 0.6 is 0 Å². The number of carbonyl (C=O) groups excluding carboxylic acids is 1. The van der Waals surface area contributed by atoms with Crippen LogP contribution in [0.25, 0.3) is 11.4 Å². The first-order chi connectivity index (χ1) is 7.22. The Balaban J connectivity index is 2.58. The molecule has 76 valence electrons. The van der Waals surface area contributed by atoms with Gasteiger partial charge in [-0.05, 0) is 12.1 Å². The van der Waals surface area contributed by atoms with Gasteiger partial charge in [-0.25, -0.2) is 13.8 Å². The molecular formula is C10H6F2N2O. The van der Waals surface area contributed by atoms with Gasteiger partial charge in [-0.3, -0.25) is 4.79 Å². The van der Waals surface area contributed by atoms with Crippen LogP contribution in [0.1, 0.15) is 10.5 Å². The van der Waals surface area contributed by atoms with E-state index in [2.05, 4.69) is 9.97 Å². The Kier molecular flexibility index (Phi) is 2.29. The van der Waals surface area contributed by atoms with Crippen molar-refractivity contribution in [1.29, 1.82) is 0 Å². The summed E-state index contributed by atoms with van der Waals surface area (Å²) >= 11 is 0. The van der Waals surface area contributed by atoms with E-state index in [1.165, 1.54) is 12.3 Å². The number of rotatable bonds is 2. The van der Waals surface area contributed by atoms with Crippen molar-refractivity contribution < 1.29 is 13.6 Å². The van der Waals surface area contributed by atoms with Crippen molar-refractivity contribution in [2.24, 2.45) is 0 Å². The average Bonchev–Trinajstić information content (AvgIpc) is 2.66. The summed E-state index contributed by atoms with van der Waals surface area (Å²) in [5, 5.41) is 0. The molecule has 0 saturated heterocycles. The standard InChI is InChI=1S/C10H6F2N2O/c11-7-2-1-3-8(12)9(7)10-13-4-6(5-15)14-10/h1-5H,(H,13,14). The molecule has 2 aromatic rings. The lowest BCUT2D eigenvalue weighted by molar-refractivity contribution is 0.111. The molecule has 0 radical (unpaired) electrons. The molecule has 0 saturated carbocycles. The molecule has 1 N–H and O–H groups in total. The molecule has 1 aromatic heterocycles. The Morgan fingerprint density at radius 1 is 1.27 bits per heavy atom. The quantitative estimate of drug-likeness (QED) is 0.768. The summed E-state index contributed by atoms with van der Waals surface area (Å²) < 4.78 is 26.5. The molecule has 1 heterocycles. The second-order valence-electron chi connectivity index (χ2n) is 2.90. The lowest BCUT2D eigenvalue weighted by Gasteiger charge is -2.00. The zero-order valence-electron chi connectivity index (χ0n) is 7.50. The van der Waals surface area contributed by atoms with E-state index in [9.17, 15) is 13.6 Å². The van der Waals surface area contributed by atoms with Gasteiger partial charge >= 0.3 is 0 Å². The van der Waals surface area contributed by atoms with Gasteiger partial charge < -0.3 is 4.98 Å².